The zero-order valence-corrected chi connectivity index (χ0v) is 14.6. The zero-order valence-electron chi connectivity index (χ0n) is 13.0. The molecular weight excluding hydrogens is 372 g/mol. The number of carbonyl (C=O) groups excluding carboxylic acids is 2. The first-order valence-corrected chi connectivity index (χ1v) is 8.21. The number of aromatic nitrogens is 3. The van der Waals surface area contributed by atoms with E-state index in [9.17, 15) is 9.59 Å². The predicted molar refractivity (Wildman–Crippen MR) is 94.1 cm³/mol. The van der Waals surface area contributed by atoms with Crippen LogP contribution < -0.4 is 5.32 Å². The van der Waals surface area contributed by atoms with Gasteiger partial charge in [-0.1, -0.05) is 29.8 Å². The number of fused-ring (bicyclic) bond motifs is 1. The number of pyridine rings is 1. The number of hydrogen-bond acceptors (Lipinski definition) is 4. The summed E-state index contributed by atoms with van der Waals surface area (Å²) in [6, 6.07) is 9.09. The van der Waals surface area contributed by atoms with Gasteiger partial charge in [0.2, 0.25) is 5.91 Å². The first kappa shape index (κ1) is 16.3. The highest BCUT2D eigenvalue weighted by Gasteiger charge is 2.12. The van der Waals surface area contributed by atoms with Crippen molar-refractivity contribution in [1.29, 1.82) is 0 Å². The molecule has 2 aromatic heterocycles. The second kappa shape index (κ2) is 6.92. The van der Waals surface area contributed by atoms with Crippen LogP contribution in [0.2, 0.25) is 0 Å². The SMILES string of the molecule is Cc1ccc(C(=O)CCC(=O)Nc2cc(Br)cn3cnnc23)cc1. The number of amides is 1. The largest absolute Gasteiger partial charge is 0.323 e. The van der Waals surface area contributed by atoms with E-state index < -0.39 is 0 Å². The fourth-order valence-electron chi connectivity index (χ4n) is 2.32. The van der Waals surface area contributed by atoms with Crippen molar-refractivity contribution < 1.29 is 9.59 Å². The summed E-state index contributed by atoms with van der Waals surface area (Å²) in [5.74, 6) is -0.287. The maximum Gasteiger partial charge on any atom is 0.224 e. The average Bonchev–Trinajstić information content (AvgIpc) is 3.01. The van der Waals surface area contributed by atoms with Crippen LogP contribution in [0.4, 0.5) is 5.69 Å². The normalized spacial score (nSPS) is 10.8. The lowest BCUT2D eigenvalue weighted by Crippen LogP contribution is -2.14. The number of rotatable bonds is 5. The van der Waals surface area contributed by atoms with E-state index in [0.29, 0.717) is 16.9 Å². The molecule has 2 heterocycles. The van der Waals surface area contributed by atoms with Crippen LogP contribution in [0.5, 0.6) is 0 Å². The molecule has 0 radical (unpaired) electrons. The molecule has 1 N–H and O–H groups in total. The van der Waals surface area contributed by atoms with Gasteiger partial charge in [0.25, 0.3) is 0 Å². The molecule has 1 amide bonds. The highest BCUT2D eigenvalue weighted by molar-refractivity contribution is 9.10. The van der Waals surface area contributed by atoms with Gasteiger partial charge in [-0.05, 0) is 28.9 Å². The molecule has 0 atom stereocenters. The van der Waals surface area contributed by atoms with Crippen molar-refractivity contribution in [2.45, 2.75) is 19.8 Å². The van der Waals surface area contributed by atoms with Crippen molar-refractivity contribution in [1.82, 2.24) is 14.6 Å². The van der Waals surface area contributed by atoms with E-state index in [-0.39, 0.29) is 24.5 Å². The summed E-state index contributed by atoms with van der Waals surface area (Å²) >= 11 is 3.37. The zero-order chi connectivity index (χ0) is 17.1. The van der Waals surface area contributed by atoms with Gasteiger partial charge in [-0.25, -0.2) is 0 Å². The molecule has 6 nitrogen and oxygen atoms in total. The van der Waals surface area contributed by atoms with Crippen LogP contribution >= 0.6 is 15.9 Å². The summed E-state index contributed by atoms with van der Waals surface area (Å²) in [7, 11) is 0. The van der Waals surface area contributed by atoms with Crippen molar-refractivity contribution in [3.63, 3.8) is 0 Å². The molecule has 0 aliphatic heterocycles. The highest BCUT2D eigenvalue weighted by atomic mass is 79.9. The molecule has 0 unspecified atom stereocenters. The second-order valence-electron chi connectivity index (χ2n) is 5.47. The summed E-state index contributed by atoms with van der Waals surface area (Å²) in [5.41, 5.74) is 2.82. The molecule has 0 fully saturated rings. The Hall–Kier alpha value is -2.54. The van der Waals surface area contributed by atoms with Crippen LogP contribution in [-0.2, 0) is 4.79 Å². The Balaban J connectivity index is 1.64. The summed E-state index contributed by atoms with van der Waals surface area (Å²) in [6.45, 7) is 1.96. The minimum atomic E-state index is -0.238. The van der Waals surface area contributed by atoms with Gasteiger partial charge < -0.3 is 5.32 Å². The first-order chi connectivity index (χ1) is 11.5. The molecule has 0 aliphatic carbocycles. The minimum Gasteiger partial charge on any atom is -0.323 e. The van der Waals surface area contributed by atoms with Gasteiger partial charge >= 0.3 is 0 Å². The Morgan fingerprint density at radius 2 is 1.96 bits per heavy atom. The van der Waals surface area contributed by atoms with E-state index in [1.54, 1.807) is 35.1 Å². The van der Waals surface area contributed by atoms with Gasteiger partial charge in [-0.2, -0.15) is 0 Å². The average molecular weight is 387 g/mol. The van der Waals surface area contributed by atoms with Gasteiger partial charge in [0.15, 0.2) is 11.4 Å². The standard InChI is InChI=1S/C17H15BrN4O2/c1-11-2-4-12(5-3-11)15(23)6-7-16(24)20-14-8-13(18)9-22-10-19-21-17(14)22/h2-5,8-10H,6-7H2,1H3,(H,20,24). The Morgan fingerprint density at radius 1 is 1.21 bits per heavy atom. The van der Waals surface area contributed by atoms with Gasteiger partial charge in [0.05, 0.1) is 5.69 Å². The van der Waals surface area contributed by atoms with E-state index in [1.165, 1.54) is 0 Å². The van der Waals surface area contributed by atoms with Crippen molar-refractivity contribution >= 4 is 39.0 Å². The monoisotopic (exact) mass is 386 g/mol. The van der Waals surface area contributed by atoms with Crippen LogP contribution in [0.3, 0.4) is 0 Å². The number of nitrogens with one attached hydrogen (secondary N) is 1. The number of Topliss-reactive ketones (excluding diaryl/α,β-unsaturated/α-hetero) is 1. The fourth-order valence-corrected chi connectivity index (χ4v) is 2.77. The van der Waals surface area contributed by atoms with Crippen molar-refractivity contribution in [2.75, 3.05) is 5.32 Å². The molecule has 122 valence electrons. The van der Waals surface area contributed by atoms with E-state index in [2.05, 4.69) is 31.4 Å². The van der Waals surface area contributed by atoms with Crippen molar-refractivity contribution in [2.24, 2.45) is 0 Å². The Labute approximate surface area is 147 Å². The molecule has 0 saturated carbocycles. The lowest BCUT2D eigenvalue weighted by molar-refractivity contribution is -0.116. The van der Waals surface area contributed by atoms with Crippen molar-refractivity contribution in [3.05, 3.63) is 58.5 Å². The number of hydrogen-bond donors (Lipinski definition) is 1. The number of halogens is 1. The van der Waals surface area contributed by atoms with Crippen LogP contribution in [0.15, 0.2) is 47.3 Å². The van der Waals surface area contributed by atoms with Gasteiger partial charge in [0.1, 0.15) is 6.33 Å². The molecule has 0 aliphatic rings. The second-order valence-corrected chi connectivity index (χ2v) is 6.39. The third-order valence-electron chi connectivity index (χ3n) is 3.59. The van der Waals surface area contributed by atoms with Crippen LogP contribution in [0.25, 0.3) is 5.65 Å². The van der Waals surface area contributed by atoms with Gasteiger partial charge in [0, 0.05) is 29.1 Å². The first-order valence-electron chi connectivity index (χ1n) is 7.41. The van der Waals surface area contributed by atoms with E-state index in [1.807, 2.05) is 19.1 Å². The number of carbonyl (C=O) groups is 2. The summed E-state index contributed by atoms with van der Waals surface area (Å²) in [6.07, 6.45) is 3.62. The van der Waals surface area contributed by atoms with E-state index >= 15 is 0 Å². The Kier molecular flexibility index (Phi) is 4.71. The summed E-state index contributed by atoms with van der Waals surface area (Å²) < 4.78 is 2.50. The quantitative estimate of drug-likeness (QED) is 0.681. The molecule has 24 heavy (non-hydrogen) atoms. The Bertz CT molecular complexity index is 903. The number of ketones is 1. The van der Waals surface area contributed by atoms with Gasteiger partial charge in [-0.15, -0.1) is 10.2 Å². The highest BCUT2D eigenvalue weighted by Crippen LogP contribution is 2.21. The van der Waals surface area contributed by atoms with Crippen LogP contribution in [-0.4, -0.2) is 26.3 Å². The maximum atomic E-state index is 12.1. The third-order valence-corrected chi connectivity index (χ3v) is 4.02. The molecule has 1 aromatic carbocycles. The van der Waals surface area contributed by atoms with Crippen LogP contribution in [0.1, 0.15) is 28.8 Å². The topological polar surface area (TPSA) is 76.4 Å². The van der Waals surface area contributed by atoms with E-state index in [4.69, 9.17) is 0 Å². The molecule has 0 bridgehead atoms. The van der Waals surface area contributed by atoms with Crippen molar-refractivity contribution in [3.8, 4) is 0 Å². The third kappa shape index (κ3) is 3.68. The Morgan fingerprint density at radius 3 is 2.71 bits per heavy atom. The van der Waals surface area contributed by atoms with Gasteiger partial charge in [-0.3, -0.25) is 14.0 Å². The number of nitrogens with zero attached hydrogens (tertiary/aromatic N) is 3. The molecule has 3 rings (SSSR count). The summed E-state index contributed by atoms with van der Waals surface area (Å²) in [5, 5.41) is 10.6. The molecule has 0 saturated heterocycles. The molecule has 3 aromatic rings. The molecule has 7 heteroatoms. The maximum absolute atomic E-state index is 12.1. The van der Waals surface area contributed by atoms with E-state index in [0.717, 1.165) is 10.0 Å². The predicted octanol–water partition coefficient (Wildman–Crippen LogP) is 3.40. The fraction of sp³-hybridized carbons (Fsp3) is 0.176. The lowest BCUT2D eigenvalue weighted by atomic mass is 10.0. The smallest absolute Gasteiger partial charge is 0.224 e. The number of anilines is 1. The lowest BCUT2D eigenvalue weighted by Gasteiger charge is -2.07. The number of benzene rings is 1. The van der Waals surface area contributed by atoms with Crippen LogP contribution in [0, 0.1) is 6.92 Å². The molecular formula is C17H15BrN4O2. The molecule has 0 spiro atoms. The summed E-state index contributed by atoms with van der Waals surface area (Å²) in [4.78, 5) is 24.3. The minimum absolute atomic E-state index is 0.0491. The number of aryl methyl sites for hydroxylation is 1.